The van der Waals surface area contributed by atoms with Gasteiger partial charge in [0, 0.05) is 5.56 Å². The number of amides is 1. The molecule has 4 rings (SSSR count). The fourth-order valence-corrected chi connectivity index (χ4v) is 3.33. The summed E-state index contributed by atoms with van der Waals surface area (Å²) < 4.78 is 21.3. The normalized spacial score (nSPS) is 10.5. The van der Waals surface area contributed by atoms with Gasteiger partial charge in [0.25, 0.3) is 5.89 Å². The summed E-state index contributed by atoms with van der Waals surface area (Å²) in [6, 6.07) is 20.0. The van der Waals surface area contributed by atoms with Gasteiger partial charge in [-0.1, -0.05) is 29.4 Å². The number of carbonyl (C=O) groups is 1. The number of benzene rings is 3. The van der Waals surface area contributed by atoms with Gasteiger partial charge >= 0.3 is 0 Å². The van der Waals surface area contributed by atoms with Crippen LogP contribution in [0.5, 0.6) is 17.2 Å². The predicted octanol–water partition coefficient (Wildman–Crippen LogP) is 4.61. The zero-order valence-electron chi connectivity index (χ0n) is 18.5. The topological polar surface area (TPSA) is 95.7 Å². The van der Waals surface area contributed by atoms with Gasteiger partial charge in [-0.05, 0) is 48.0 Å². The minimum absolute atomic E-state index is 0.160. The van der Waals surface area contributed by atoms with E-state index < -0.39 is 0 Å². The van der Waals surface area contributed by atoms with Crippen molar-refractivity contribution >= 4 is 11.6 Å². The van der Waals surface area contributed by atoms with Crippen LogP contribution in [0, 0.1) is 0 Å². The van der Waals surface area contributed by atoms with E-state index in [0.717, 1.165) is 11.3 Å². The first kappa shape index (κ1) is 21.9. The molecule has 8 nitrogen and oxygen atoms in total. The lowest BCUT2D eigenvalue weighted by Gasteiger charge is -2.09. The van der Waals surface area contributed by atoms with Crippen molar-refractivity contribution < 1.29 is 23.5 Å². The summed E-state index contributed by atoms with van der Waals surface area (Å²) in [5.74, 6) is 2.44. The van der Waals surface area contributed by atoms with Gasteiger partial charge in [-0.25, -0.2) is 0 Å². The van der Waals surface area contributed by atoms with Crippen LogP contribution < -0.4 is 19.5 Å². The molecular formula is C25H23N3O5. The molecule has 0 unspecified atom stereocenters. The number of nitrogens with one attached hydrogen (secondary N) is 1. The van der Waals surface area contributed by atoms with Crippen LogP contribution in [0.4, 0.5) is 5.69 Å². The van der Waals surface area contributed by atoms with E-state index in [1.807, 2.05) is 48.5 Å². The van der Waals surface area contributed by atoms with Crippen LogP contribution in [-0.2, 0) is 11.2 Å². The van der Waals surface area contributed by atoms with Crippen molar-refractivity contribution in [3.63, 3.8) is 0 Å². The average molecular weight is 445 g/mol. The Morgan fingerprint density at radius 2 is 1.67 bits per heavy atom. The summed E-state index contributed by atoms with van der Waals surface area (Å²) in [7, 11) is 4.74. The molecule has 168 valence electrons. The number of methoxy groups -OCH3 is 3. The second-order valence-electron chi connectivity index (χ2n) is 7.11. The van der Waals surface area contributed by atoms with Gasteiger partial charge in [-0.3, -0.25) is 4.79 Å². The predicted molar refractivity (Wildman–Crippen MR) is 124 cm³/mol. The smallest absolute Gasteiger partial charge is 0.260 e. The lowest BCUT2D eigenvalue weighted by atomic mass is 10.1. The SMILES string of the molecule is COc1ccc(CC(=O)Nc2ccccc2-c2nc(-c3ccc(OC)c(OC)c3)no2)cc1. The molecule has 1 amide bonds. The Hall–Kier alpha value is -4.33. The maximum atomic E-state index is 12.6. The van der Waals surface area contributed by atoms with Crippen molar-refractivity contribution in [2.45, 2.75) is 6.42 Å². The first-order chi connectivity index (χ1) is 16.1. The van der Waals surface area contributed by atoms with Crippen LogP contribution in [0.2, 0.25) is 0 Å². The van der Waals surface area contributed by atoms with Crippen LogP contribution in [0.1, 0.15) is 5.56 Å². The third-order valence-corrected chi connectivity index (χ3v) is 5.02. The van der Waals surface area contributed by atoms with E-state index in [9.17, 15) is 4.79 Å². The number of carbonyl (C=O) groups excluding carboxylic acids is 1. The third kappa shape index (κ3) is 4.95. The molecular weight excluding hydrogens is 422 g/mol. The molecule has 4 aromatic rings. The van der Waals surface area contributed by atoms with Gasteiger partial charge in [0.1, 0.15) is 5.75 Å². The maximum absolute atomic E-state index is 12.6. The van der Waals surface area contributed by atoms with Gasteiger partial charge in [0.05, 0.1) is 39.0 Å². The second kappa shape index (κ2) is 9.86. The van der Waals surface area contributed by atoms with Crippen LogP contribution in [0.15, 0.2) is 71.3 Å². The molecule has 33 heavy (non-hydrogen) atoms. The molecule has 0 saturated carbocycles. The highest BCUT2D eigenvalue weighted by molar-refractivity contribution is 5.95. The molecule has 0 atom stereocenters. The summed E-state index contributed by atoms with van der Waals surface area (Å²) in [5, 5.41) is 7.02. The van der Waals surface area contributed by atoms with Crippen LogP contribution in [-0.4, -0.2) is 37.4 Å². The van der Waals surface area contributed by atoms with Crippen LogP contribution in [0.3, 0.4) is 0 Å². The number of nitrogens with zero attached hydrogens (tertiary/aromatic N) is 2. The zero-order chi connectivity index (χ0) is 23.2. The molecule has 1 heterocycles. The Morgan fingerprint density at radius 3 is 2.39 bits per heavy atom. The van der Waals surface area contributed by atoms with Crippen molar-refractivity contribution in [3.8, 4) is 40.1 Å². The molecule has 0 aliphatic carbocycles. The van der Waals surface area contributed by atoms with E-state index in [0.29, 0.717) is 40.0 Å². The van der Waals surface area contributed by atoms with Gasteiger partial charge in [-0.2, -0.15) is 4.98 Å². The first-order valence-electron chi connectivity index (χ1n) is 10.2. The van der Waals surface area contributed by atoms with Crippen LogP contribution >= 0.6 is 0 Å². The Balaban J connectivity index is 1.54. The van der Waals surface area contributed by atoms with Crippen molar-refractivity contribution in [2.24, 2.45) is 0 Å². The largest absolute Gasteiger partial charge is 0.497 e. The van der Waals surface area contributed by atoms with Gasteiger partial charge in [0.2, 0.25) is 11.7 Å². The molecule has 3 aromatic carbocycles. The molecule has 8 heteroatoms. The molecule has 1 aromatic heterocycles. The highest BCUT2D eigenvalue weighted by atomic mass is 16.5. The van der Waals surface area contributed by atoms with E-state index in [4.69, 9.17) is 18.7 Å². The lowest BCUT2D eigenvalue weighted by molar-refractivity contribution is -0.115. The summed E-state index contributed by atoms with van der Waals surface area (Å²) in [5.41, 5.74) is 2.79. The molecule has 0 saturated heterocycles. The monoisotopic (exact) mass is 445 g/mol. The van der Waals surface area contributed by atoms with E-state index in [1.165, 1.54) is 0 Å². The Bertz CT molecular complexity index is 1250. The zero-order valence-corrected chi connectivity index (χ0v) is 18.5. The number of hydrogen-bond donors (Lipinski definition) is 1. The van der Waals surface area contributed by atoms with E-state index in [1.54, 1.807) is 39.5 Å². The number of anilines is 1. The van der Waals surface area contributed by atoms with E-state index in [-0.39, 0.29) is 12.3 Å². The second-order valence-corrected chi connectivity index (χ2v) is 7.11. The fourth-order valence-electron chi connectivity index (χ4n) is 3.33. The molecule has 0 radical (unpaired) electrons. The molecule has 0 fully saturated rings. The Labute approximate surface area is 191 Å². The fraction of sp³-hybridized carbons (Fsp3) is 0.160. The molecule has 1 N–H and O–H groups in total. The number of para-hydroxylation sites is 1. The van der Waals surface area contributed by atoms with Gasteiger partial charge < -0.3 is 24.1 Å². The summed E-state index contributed by atoms with van der Waals surface area (Å²) >= 11 is 0. The third-order valence-electron chi connectivity index (χ3n) is 5.02. The van der Waals surface area contributed by atoms with Crippen molar-refractivity contribution in [1.29, 1.82) is 0 Å². The number of aromatic nitrogens is 2. The van der Waals surface area contributed by atoms with E-state index >= 15 is 0 Å². The minimum atomic E-state index is -0.160. The minimum Gasteiger partial charge on any atom is -0.497 e. The lowest BCUT2D eigenvalue weighted by Crippen LogP contribution is -2.15. The highest BCUT2D eigenvalue weighted by Gasteiger charge is 2.17. The van der Waals surface area contributed by atoms with E-state index in [2.05, 4.69) is 15.5 Å². The Morgan fingerprint density at radius 1 is 0.909 bits per heavy atom. The highest BCUT2D eigenvalue weighted by Crippen LogP contribution is 2.33. The molecule has 0 aliphatic rings. The molecule has 0 bridgehead atoms. The van der Waals surface area contributed by atoms with Crippen molar-refractivity contribution in [1.82, 2.24) is 10.1 Å². The van der Waals surface area contributed by atoms with Crippen molar-refractivity contribution in [2.75, 3.05) is 26.6 Å². The number of hydrogen-bond acceptors (Lipinski definition) is 7. The molecule has 0 aliphatic heterocycles. The standard InChI is InChI=1S/C25H23N3O5/c1-30-18-11-8-16(9-12-18)14-23(29)26-20-7-5-4-6-19(20)25-27-24(28-33-25)17-10-13-21(31-2)22(15-17)32-3/h4-13,15H,14H2,1-3H3,(H,26,29). The Kier molecular flexibility index (Phi) is 6.54. The summed E-state index contributed by atoms with van der Waals surface area (Å²) in [6.07, 6.45) is 0.221. The van der Waals surface area contributed by atoms with Crippen LogP contribution in [0.25, 0.3) is 22.8 Å². The number of rotatable bonds is 8. The first-order valence-corrected chi connectivity index (χ1v) is 10.2. The molecule has 0 spiro atoms. The van der Waals surface area contributed by atoms with Crippen molar-refractivity contribution in [3.05, 3.63) is 72.3 Å². The summed E-state index contributed by atoms with van der Waals surface area (Å²) in [4.78, 5) is 17.2. The van der Waals surface area contributed by atoms with Gasteiger partial charge in [0.15, 0.2) is 11.5 Å². The quantitative estimate of drug-likeness (QED) is 0.423. The maximum Gasteiger partial charge on any atom is 0.260 e. The summed E-state index contributed by atoms with van der Waals surface area (Å²) in [6.45, 7) is 0. The number of ether oxygens (including phenoxy) is 3. The van der Waals surface area contributed by atoms with Gasteiger partial charge in [-0.15, -0.1) is 0 Å². The average Bonchev–Trinajstić information content (AvgIpc) is 3.34.